The average molecular weight is 405 g/mol. The number of rotatable bonds is 5. The Labute approximate surface area is 155 Å². The molecule has 5 nitrogen and oxygen atoms in total. The fourth-order valence-corrected chi connectivity index (χ4v) is 2.67. The van der Waals surface area contributed by atoms with Crippen molar-refractivity contribution in [2.75, 3.05) is 18.2 Å². The van der Waals surface area contributed by atoms with Gasteiger partial charge < -0.3 is 10.1 Å². The summed E-state index contributed by atoms with van der Waals surface area (Å²) >= 11 is 6.79. The quantitative estimate of drug-likeness (QED) is 0.595. The van der Waals surface area contributed by atoms with Crippen LogP contribution in [0.3, 0.4) is 0 Å². The fourth-order valence-electron chi connectivity index (χ4n) is 1.96. The van der Waals surface area contributed by atoms with Crippen molar-refractivity contribution in [3.8, 4) is 0 Å². The second-order valence-electron chi connectivity index (χ2n) is 4.87. The lowest BCUT2D eigenvalue weighted by atomic mass is 10.1. The highest BCUT2D eigenvalue weighted by Gasteiger charge is 2.34. The minimum Gasteiger partial charge on any atom is -0.452 e. The van der Waals surface area contributed by atoms with Gasteiger partial charge in [0.2, 0.25) is 0 Å². The first-order chi connectivity index (χ1) is 12.2. The Hall–Kier alpha value is -2.26. The standard InChI is InChI=1S/C16H12ClF3N2O3S/c1-26-14-10(3-2-6-21-14)15(24)25-8-13(23)22-12-5-4-9(17)7-11(12)16(18,19)20/h2-7H,8H2,1H3,(H,22,23). The number of carbonyl (C=O) groups excluding carboxylic acids is 2. The number of halogens is 4. The lowest BCUT2D eigenvalue weighted by Gasteiger charge is -2.14. The van der Waals surface area contributed by atoms with Crippen molar-refractivity contribution >= 4 is 40.9 Å². The monoisotopic (exact) mass is 404 g/mol. The molecule has 0 saturated carbocycles. The van der Waals surface area contributed by atoms with Crippen LogP contribution in [0.15, 0.2) is 41.6 Å². The predicted octanol–water partition coefficient (Wildman–Crippen LogP) is 4.27. The highest BCUT2D eigenvalue weighted by Crippen LogP contribution is 2.36. The van der Waals surface area contributed by atoms with Gasteiger partial charge in [-0.15, -0.1) is 11.8 Å². The van der Waals surface area contributed by atoms with E-state index in [2.05, 4.69) is 10.3 Å². The molecular formula is C16H12ClF3N2O3S. The van der Waals surface area contributed by atoms with Crippen molar-refractivity contribution in [2.24, 2.45) is 0 Å². The van der Waals surface area contributed by atoms with Crippen LogP contribution in [-0.4, -0.2) is 29.7 Å². The van der Waals surface area contributed by atoms with E-state index >= 15 is 0 Å². The second-order valence-corrected chi connectivity index (χ2v) is 6.10. The first kappa shape index (κ1) is 20.1. The number of esters is 1. The van der Waals surface area contributed by atoms with Crippen molar-refractivity contribution in [3.63, 3.8) is 0 Å². The maximum Gasteiger partial charge on any atom is 0.418 e. The molecular weight excluding hydrogens is 393 g/mol. The van der Waals surface area contributed by atoms with Gasteiger partial charge in [-0.25, -0.2) is 9.78 Å². The number of alkyl halides is 3. The number of pyridine rings is 1. The number of hydrogen-bond acceptors (Lipinski definition) is 5. The van der Waals surface area contributed by atoms with Crippen molar-refractivity contribution in [1.29, 1.82) is 0 Å². The first-order valence-electron chi connectivity index (χ1n) is 7.05. The molecule has 0 aliphatic rings. The summed E-state index contributed by atoms with van der Waals surface area (Å²) in [5, 5.41) is 2.35. The van der Waals surface area contributed by atoms with E-state index in [0.717, 1.165) is 6.07 Å². The molecule has 1 aromatic heterocycles. The Morgan fingerprint density at radius 1 is 1.31 bits per heavy atom. The van der Waals surface area contributed by atoms with Crippen LogP contribution in [-0.2, 0) is 15.7 Å². The third kappa shape index (κ3) is 5.12. The Kier molecular flexibility index (Phi) is 6.49. The van der Waals surface area contributed by atoms with E-state index < -0.39 is 35.9 Å². The van der Waals surface area contributed by atoms with E-state index in [-0.39, 0.29) is 10.6 Å². The molecule has 10 heteroatoms. The third-order valence-corrected chi connectivity index (χ3v) is 4.03. The number of nitrogens with one attached hydrogen (secondary N) is 1. The van der Waals surface area contributed by atoms with Gasteiger partial charge in [0.15, 0.2) is 6.61 Å². The SMILES string of the molecule is CSc1ncccc1C(=O)OCC(=O)Nc1ccc(Cl)cc1C(F)(F)F. The van der Waals surface area contributed by atoms with Crippen LogP contribution in [0.1, 0.15) is 15.9 Å². The summed E-state index contributed by atoms with van der Waals surface area (Å²) in [4.78, 5) is 27.8. The minimum atomic E-state index is -4.70. The number of ether oxygens (including phenoxy) is 1. The van der Waals surface area contributed by atoms with Gasteiger partial charge in [-0.2, -0.15) is 13.2 Å². The number of nitrogens with zero attached hydrogens (tertiary/aromatic N) is 1. The van der Waals surface area contributed by atoms with Crippen LogP contribution in [0, 0.1) is 0 Å². The number of anilines is 1. The van der Waals surface area contributed by atoms with Gasteiger partial charge in [0, 0.05) is 11.2 Å². The Bertz CT molecular complexity index is 831. The van der Waals surface area contributed by atoms with E-state index in [4.69, 9.17) is 16.3 Å². The third-order valence-electron chi connectivity index (χ3n) is 3.08. The molecule has 1 aromatic carbocycles. The summed E-state index contributed by atoms with van der Waals surface area (Å²) in [6, 6.07) is 5.93. The lowest BCUT2D eigenvalue weighted by molar-refractivity contribution is -0.137. The largest absolute Gasteiger partial charge is 0.452 e. The van der Waals surface area contributed by atoms with E-state index in [1.54, 1.807) is 6.26 Å². The average Bonchev–Trinajstić information content (AvgIpc) is 2.60. The molecule has 138 valence electrons. The van der Waals surface area contributed by atoms with Crippen LogP contribution in [0.2, 0.25) is 5.02 Å². The molecule has 0 spiro atoms. The molecule has 0 aliphatic heterocycles. The van der Waals surface area contributed by atoms with Crippen LogP contribution in [0.25, 0.3) is 0 Å². The van der Waals surface area contributed by atoms with E-state index in [0.29, 0.717) is 11.1 Å². The zero-order valence-electron chi connectivity index (χ0n) is 13.3. The Balaban J connectivity index is 2.05. The number of amides is 1. The van der Waals surface area contributed by atoms with Crippen LogP contribution in [0.4, 0.5) is 18.9 Å². The van der Waals surface area contributed by atoms with Crippen molar-refractivity contribution in [3.05, 3.63) is 52.7 Å². The highest BCUT2D eigenvalue weighted by molar-refractivity contribution is 7.98. The zero-order valence-corrected chi connectivity index (χ0v) is 14.8. The first-order valence-corrected chi connectivity index (χ1v) is 8.65. The molecule has 0 aliphatic carbocycles. The molecule has 0 radical (unpaired) electrons. The maximum atomic E-state index is 13.0. The van der Waals surface area contributed by atoms with Gasteiger partial charge in [0.1, 0.15) is 5.03 Å². The molecule has 26 heavy (non-hydrogen) atoms. The van der Waals surface area contributed by atoms with Crippen LogP contribution < -0.4 is 5.32 Å². The molecule has 1 N–H and O–H groups in total. The molecule has 2 rings (SSSR count). The van der Waals surface area contributed by atoms with Gasteiger partial charge in [-0.1, -0.05) is 11.6 Å². The normalized spacial score (nSPS) is 11.1. The topological polar surface area (TPSA) is 68.3 Å². The maximum absolute atomic E-state index is 13.0. The predicted molar refractivity (Wildman–Crippen MR) is 91.4 cm³/mol. The van der Waals surface area contributed by atoms with E-state index in [9.17, 15) is 22.8 Å². The molecule has 0 bridgehead atoms. The van der Waals surface area contributed by atoms with Crippen molar-refractivity contribution in [2.45, 2.75) is 11.2 Å². The zero-order chi connectivity index (χ0) is 19.3. The molecule has 0 saturated heterocycles. The van der Waals surface area contributed by atoms with Gasteiger partial charge in [0.05, 0.1) is 16.8 Å². The summed E-state index contributed by atoms with van der Waals surface area (Å²) < 4.78 is 43.8. The summed E-state index contributed by atoms with van der Waals surface area (Å²) in [6.07, 6.45) is -1.49. The summed E-state index contributed by atoms with van der Waals surface area (Å²) in [7, 11) is 0. The Morgan fingerprint density at radius 3 is 2.69 bits per heavy atom. The van der Waals surface area contributed by atoms with E-state index in [1.807, 2.05) is 0 Å². The van der Waals surface area contributed by atoms with Gasteiger partial charge in [0.25, 0.3) is 5.91 Å². The number of thioether (sulfide) groups is 1. The van der Waals surface area contributed by atoms with Gasteiger partial charge >= 0.3 is 12.1 Å². The van der Waals surface area contributed by atoms with Gasteiger partial charge in [-0.05, 0) is 36.6 Å². The molecule has 2 aromatic rings. The molecule has 0 fully saturated rings. The summed E-state index contributed by atoms with van der Waals surface area (Å²) in [6.45, 7) is -0.749. The van der Waals surface area contributed by atoms with E-state index in [1.165, 1.54) is 36.2 Å². The summed E-state index contributed by atoms with van der Waals surface area (Å²) in [5.41, 5.74) is -1.41. The molecule has 1 heterocycles. The molecule has 0 atom stereocenters. The number of aromatic nitrogens is 1. The smallest absolute Gasteiger partial charge is 0.418 e. The van der Waals surface area contributed by atoms with Crippen molar-refractivity contribution in [1.82, 2.24) is 4.98 Å². The Morgan fingerprint density at radius 2 is 2.04 bits per heavy atom. The number of carbonyl (C=O) groups is 2. The van der Waals surface area contributed by atoms with Crippen LogP contribution in [0.5, 0.6) is 0 Å². The molecule has 0 unspecified atom stereocenters. The van der Waals surface area contributed by atoms with Crippen molar-refractivity contribution < 1.29 is 27.5 Å². The minimum absolute atomic E-state index is 0.122. The summed E-state index contributed by atoms with van der Waals surface area (Å²) in [5.74, 6) is -1.72. The fraction of sp³-hybridized carbons (Fsp3) is 0.188. The number of hydrogen-bond donors (Lipinski definition) is 1. The lowest BCUT2D eigenvalue weighted by Crippen LogP contribution is -2.23. The highest BCUT2D eigenvalue weighted by atomic mass is 35.5. The molecule has 1 amide bonds. The van der Waals surface area contributed by atoms with Crippen LogP contribution >= 0.6 is 23.4 Å². The van der Waals surface area contributed by atoms with Gasteiger partial charge in [-0.3, -0.25) is 4.79 Å². The number of benzene rings is 1. The second kappa shape index (κ2) is 8.41.